The highest BCUT2D eigenvalue weighted by molar-refractivity contribution is 7.99. The Labute approximate surface area is 139 Å². The summed E-state index contributed by atoms with van der Waals surface area (Å²) in [5.74, 6) is 0.414. The summed E-state index contributed by atoms with van der Waals surface area (Å²) >= 11 is 1.31. The van der Waals surface area contributed by atoms with Crippen molar-refractivity contribution in [2.24, 2.45) is 0 Å². The molecule has 1 heterocycles. The highest BCUT2D eigenvalue weighted by Gasteiger charge is 2.13. The number of hydrogen-bond acceptors (Lipinski definition) is 4. The van der Waals surface area contributed by atoms with Crippen LogP contribution < -0.4 is 5.32 Å². The third kappa shape index (κ3) is 4.79. The average molecular weight is 336 g/mol. The predicted molar refractivity (Wildman–Crippen MR) is 90.1 cm³/mol. The molecule has 0 radical (unpaired) electrons. The second-order valence-corrected chi connectivity index (χ2v) is 6.01. The van der Waals surface area contributed by atoms with Gasteiger partial charge in [-0.05, 0) is 25.5 Å². The zero-order valence-corrected chi connectivity index (χ0v) is 14.2. The minimum absolute atomic E-state index is 0.167. The Bertz CT molecular complexity index is 659. The molecular weight excluding hydrogens is 315 g/mol. The van der Waals surface area contributed by atoms with Crippen LogP contribution in [0.4, 0.5) is 10.1 Å². The van der Waals surface area contributed by atoms with E-state index in [1.165, 1.54) is 23.9 Å². The summed E-state index contributed by atoms with van der Waals surface area (Å²) in [5.41, 5.74) is 0.193. The van der Waals surface area contributed by atoms with Crippen LogP contribution >= 0.6 is 11.8 Å². The molecule has 0 saturated heterocycles. The highest BCUT2D eigenvalue weighted by atomic mass is 32.2. The number of para-hydroxylation sites is 1. The van der Waals surface area contributed by atoms with Gasteiger partial charge in [0.2, 0.25) is 5.91 Å². The molecule has 2 aromatic rings. The van der Waals surface area contributed by atoms with Gasteiger partial charge >= 0.3 is 0 Å². The molecule has 0 aliphatic rings. The number of benzene rings is 1. The first kappa shape index (κ1) is 17.5. The summed E-state index contributed by atoms with van der Waals surface area (Å²) in [6.45, 7) is 4.93. The van der Waals surface area contributed by atoms with Gasteiger partial charge < -0.3 is 9.88 Å². The molecule has 7 heteroatoms. The van der Waals surface area contributed by atoms with E-state index < -0.39 is 5.82 Å². The van der Waals surface area contributed by atoms with Gasteiger partial charge in [0.1, 0.15) is 11.6 Å². The Morgan fingerprint density at radius 1 is 1.30 bits per heavy atom. The predicted octanol–water partition coefficient (Wildman–Crippen LogP) is 3.51. The van der Waals surface area contributed by atoms with Crippen LogP contribution in [0.15, 0.2) is 29.4 Å². The first-order chi connectivity index (χ1) is 11.2. The van der Waals surface area contributed by atoms with Crippen LogP contribution in [-0.2, 0) is 17.8 Å². The van der Waals surface area contributed by atoms with Crippen LogP contribution in [0, 0.1) is 5.82 Å². The molecule has 2 rings (SSSR count). The van der Waals surface area contributed by atoms with Gasteiger partial charge in [-0.25, -0.2) is 4.39 Å². The van der Waals surface area contributed by atoms with E-state index in [0.717, 1.165) is 36.8 Å². The first-order valence-electron chi connectivity index (χ1n) is 7.75. The number of hydrogen-bond donors (Lipinski definition) is 1. The second kappa shape index (κ2) is 8.67. The van der Waals surface area contributed by atoms with Crippen LogP contribution in [0.3, 0.4) is 0 Å². The maximum atomic E-state index is 13.5. The first-order valence-corrected chi connectivity index (χ1v) is 8.73. The van der Waals surface area contributed by atoms with E-state index in [-0.39, 0.29) is 17.3 Å². The second-order valence-electron chi connectivity index (χ2n) is 5.06. The summed E-state index contributed by atoms with van der Waals surface area (Å²) in [4.78, 5) is 12.0. The van der Waals surface area contributed by atoms with Gasteiger partial charge in [-0.1, -0.05) is 37.2 Å². The summed E-state index contributed by atoms with van der Waals surface area (Å²) in [6.07, 6.45) is 3.06. The number of anilines is 1. The van der Waals surface area contributed by atoms with E-state index >= 15 is 0 Å². The molecule has 0 aliphatic heterocycles. The van der Waals surface area contributed by atoms with Crippen LogP contribution in [0.25, 0.3) is 0 Å². The Kier molecular flexibility index (Phi) is 6.58. The van der Waals surface area contributed by atoms with Crippen molar-refractivity contribution >= 4 is 23.4 Å². The third-order valence-electron chi connectivity index (χ3n) is 3.34. The number of thioether (sulfide) groups is 1. The normalized spacial score (nSPS) is 10.7. The van der Waals surface area contributed by atoms with Gasteiger partial charge in [-0.2, -0.15) is 0 Å². The Hall–Kier alpha value is -1.89. The molecule has 23 heavy (non-hydrogen) atoms. The molecule has 124 valence electrons. The molecule has 1 aromatic carbocycles. The fraction of sp³-hybridized carbons (Fsp3) is 0.438. The number of halogens is 1. The van der Waals surface area contributed by atoms with Gasteiger partial charge in [-0.3, -0.25) is 4.79 Å². The number of aromatic nitrogens is 3. The quantitative estimate of drug-likeness (QED) is 0.750. The van der Waals surface area contributed by atoms with E-state index in [4.69, 9.17) is 0 Å². The zero-order chi connectivity index (χ0) is 16.7. The van der Waals surface area contributed by atoms with Crippen molar-refractivity contribution in [3.05, 3.63) is 35.9 Å². The van der Waals surface area contributed by atoms with Gasteiger partial charge in [0.05, 0.1) is 11.4 Å². The van der Waals surface area contributed by atoms with Gasteiger partial charge in [0, 0.05) is 13.0 Å². The molecule has 0 saturated carbocycles. The van der Waals surface area contributed by atoms with Crippen LogP contribution in [0.1, 0.15) is 32.5 Å². The van der Waals surface area contributed by atoms with Crippen molar-refractivity contribution in [3.8, 4) is 0 Å². The lowest BCUT2D eigenvalue weighted by atomic mass is 10.2. The van der Waals surface area contributed by atoms with Gasteiger partial charge in [-0.15, -0.1) is 10.2 Å². The Balaban J connectivity index is 1.94. The maximum Gasteiger partial charge on any atom is 0.234 e. The molecule has 5 nitrogen and oxygen atoms in total. The summed E-state index contributed by atoms with van der Waals surface area (Å²) < 4.78 is 15.5. The number of rotatable bonds is 8. The molecule has 0 aliphatic carbocycles. The van der Waals surface area contributed by atoms with Crippen LogP contribution in [-0.4, -0.2) is 26.4 Å². The lowest BCUT2D eigenvalue weighted by Gasteiger charge is -2.08. The van der Waals surface area contributed by atoms with Crippen molar-refractivity contribution in [2.75, 3.05) is 11.1 Å². The van der Waals surface area contributed by atoms with E-state index in [1.54, 1.807) is 12.1 Å². The number of unbranched alkanes of at least 4 members (excludes halogenated alkanes) is 1. The molecule has 0 fully saturated rings. The van der Waals surface area contributed by atoms with Crippen molar-refractivity contribution in [1.82, 2.24) is 14.8 Å². The van der Waals surface area contributed by atoms with Gasteiger partial charge in [0.25, 0.3) is 0 Å². The number of nitrogens with zero attached hydrogens (tertiary/aromatic N) is 3. The van der Waals surface area contributed by atoms with Crippen molar-refractivity contribution in [3.63, 3.8) is 0 Å². The van der Waals surface area contributed by atoms with Crippen molar-refractivity contribution in [2.45, 2.75) is 44.8 Å². The van der Waals surface area contributed by atoms with E-state index in [9.17, 15) is 9.18 Å². The van der Waals surface area contributed by atoms with Gasteiger partial charge in [0.15, 0.2) is 5.16 Å². The Morgan fingerprint density at radius 3 is 2.78 bits per heavy atom. The third-order valence-corrected chi connectivity index (χ3v) is 4.31. The molecular formula is C16H21FN4OS. The lowest BCUT2D eigenvalue weighted by Crippen LogP contribution is -2.15. The molecule has 1 N–H and O–H groups in total. The van der Waals surface area contributed by atoms with E-state index in [0.29, 0.717) is 0 Å². The fourth-order valence-electron chi connectivity index (χ4n) is 2.14. The summed E-state index contributed by atoms with van der Waals surface area (Å²) in [7, 11) is 0. The smallest absolute Gasteiger partial charge is 0.234 e. The van der Waals surface area contributed by atoms with E-state index in [1.807, 2.05) is 11.5 Å². The molecule has 1 amide bonds. The number of carbonyl (C=O) groups is 1. The topological polar surface area (TPSA) is 59.8 Å². The largest absolute Gasteiger partial charge is 0.323 e. The number of amides is 1. The summed E-state index contributed by atoms with van der Waals surface area (Å²) in [6, 6.07) is 6.12. The maximum absolute atomic E-state index is 13.5. The fourth-order valence-corrected chi connectivity index (χ4v) is 2.96. The average Bonchev–Trinajstić information content (AvgIpc) is 2.95. The number of carbonyl (C=O) groups excluding carboxylic acids is 1. The number of aryl methyl sites for hydroxylation is 1. The Morgan fingerprint density at radius 2 is 2.09 bits per heavy atom. The molecule has 1 aromatic heterocycles. The standard InChI is InChI=1S/C16H21FN4OS/c1-3-5-10-14-19-20-16(21(14)4-2)23-11-15(22)18-13-9-7-6-8-12(13)17/h6-9H,3-5,10-11H2,1-2H3,(H,18,22). The highest BCUT2D eigenvalue weighted by Crippen LogP contribution is 2.19. The molecule has 0 bridgehead atoms. The SMILES string of the molecule is CCCCc1nnc(SCC(=O)Nc2ccccc2F)n1CC. The van der Waals surface area contributed by atoms with Crippen LogP contribution in [0.5, 0.6) is 0 Å². The van der Waals surface area contributed by atoms with E-state index in [2.05, 4.69) is 22.4 Å². The number of nitrogens with one attached hydrogen (secondary N) is 1. The lowest BCUT2D eigenvalue weighted by molar-refractivity contribution is -0.113. The minimum Gasteiger partial charge on any atom is -0.323 e. The van der Waals surface area contributed by atoms with Crippen molar-refractivity contribution < 1.29 is 9.18 Å². The van der Waals surface area contributed by atoms with Crippen LogP contribution in [0.2, 0.25) is 0 Å². The minimum atomic E-state index is -0.440. The molecule has 0 atom stereocenters. The monoisotopic (exact) mass is 336 g/mol. The molecule has 0 spiro atoms. The van der Waals surface area contributed by atoms with Crippen molar-refractivity contribution in [1.29, 1.82) is 0 Å². The zero-order valence-electron chi connectivity index (χ0n) is 13.4. The molecule has 0 unspecified atom stereocenters. The summed E-state index contributed by atoms with van der Waals surface area (Å²) in [5, 5.41) is 11.7.